The van der Waals surface area contributed by atoms with Gasteiger partial charge < -0.3 is 20.3 Å². The molecule has 0 fully saturated rings. The summed E-state index contributed by atoms with van der Waals surface area (Å²) >= 11 is 0. The summed E-state index contributed by atoms with van der Waals surface area (Å²) in [7, 11) is 0. The zero-order chi connectivity index (χ0) is 21.8. The molecule has 2 aromatic carbocycles. The highest BCUT2D eigenvalue weighted by Gasteiger charge is 2.29. The molecule has 7 nitrogen and oxygen atoms in total. The number of carbonyl (C=O) groups is 1. The van der Waals surface area contributed by atoms with Gasteiger partial charge in [0.1, 0.15) is 12.7 Å². The van der Waals surface area contributed by atoms with Gasteiger partial charge in [-0.2, -0.15) is 5.10 Å². The van der Waals surface area contributed by atoms with Crippen molar-refractivity contribution in [3.05, 3.63) is 77.6 Å². The smallest absolute Gasteiger partial charge is 0.407 e. The van der Waals surface area contributed by atoms with Crippen molar-refractivity contribution in [1.29, 1.82) is 0 Å². The van der Waals surface area contributed by atoms with Gasteiger partial charge in [-0.25, -0.2) is 4.79 Å². The molecule has 0 saturated heterocycles. The monoisotopic (exact) mass is 421 g/mol. The van der Waals surface area contributed by atoms with Gasteiger partial charge in [-0.05, 0) is 35.6 Å². The molecule has 1 aliphatic carbocycles. The minimum atomic E-state index is -1.05. The van der Waals surface area contributed by atoms with Gasteiger partial charge in [-0.15, -0.1) is 0 Å². The van der Waals surface area contributed by atoms with Gasteiger partial charge in [-0.1, -0.05) is 48.5 Å². The molecule has 0 bridgehead atoms. The van der Waals surface area contributed by atoms with Crippen LogP contribution >= 0.6 is 0 Å². The highest BCUT2D eigenvalue weighted by Crippen LogP contribution is 2.44. The second kappa shape index (κ2) is 9.32. The summed E-state index contributed by atoms with van der Waals surface area (Å²) in [4.78, 5) is 12.2. The van der Waals surface area contributed by atoms with Crippen molar-refractivity contribution in [1.82, 2.24) is 15.1 Å². The van der Waals surface area contributed by atoms with Crippen LogP contribution in [0.15, 0.2) is 60.9 Å². The van der Waals surface area contributed by atoms with Crippen molar-refractivity contribution in [3.8, 4) is 11.1 Å². The zero-order valence-electron chi connectivity index (χ0n) is 17.4. The van der Waals surface area contributed by atoms with Gasteiger partial charge in [0, 0.05) is 30.8 Å². The predicted molar refractivity (Wildman–Crippen MR) is 117 cm³/mol. The number of carbonyl (C=O) groups excluding carboxylic acids is 1. The second-order valence-corrected chi connectivity index (χ2v) is 7.68. The summed E-state index contributed by atoms with van der Waals surface area (Å²) in [6, 6.07) is 16.3. The fraction of sp³-hybridized carbons (Fsp3) is 0.333. The van der Waals surface area contributed by atoms with Crippen molar-refractivity contribution in [2.45, 2.75) is 38.0 Å². The number of aliphatic hydroxyl groups is 2. The molecular formula is C24H27N3O4. The molecule has 1 amide bonds. The van der Waals surface area contributed by atoms with E-state index in [0.29, 0.717) is 12.1 Å². The number of rotatable bonds is 8. The van der Waals surface area contributed by atoms with Gasteiger partial charge in [0.05, 0.1) is 12.3 Å². The van der Waals surface area contributed by atoms with E-state index < -0.39 is 18.3 Å². The second-order valence-electron chi connectivity index (χ2n) is 7.68. The molecule has 4 rings (SSSR count). The molecule has 1 aromatic heterocycles. The molecular weight excluding hydrogens is 394 g/mol. The highest BCUT2D eigenvalue weighted by atomic mass is 16.5. The van der Waals surface area contributed by atoms with Crippen LogP contribution in [0.1, 0.15) is 42.1 Å². The Morgan fingerprint density at radius 2 is 1.77 bits per heavy atom. The average molecular weight is 421 g/mol. The number of aliphatic hydroxyl groups excluding tert-OH is 2. The quantitative estimate of drug-likeness (QED) is 0.519. The number of hydrogen-bond acceptors (Lipinski definition) is 5. The lowest BCUT2D eigenvalue weighted by atomic mass is 9.98. The van der Waals surface area contributed by atoms with Crippen LogP contribution in [0.3, 0.4) is 0 Å². The van der Waals surface area contributed by atoms with E-state index in [-0.39, 0.29) is 25.5 Å². The summed E-state index contributed by atoms with van der Waals surface area (Å²) in [5, 5.41) is 27.2. The Kier molecular flexibility index (Phi) is 6.34. The van der Waals surface area contributed by atoms with E-state index in [2.05, 4.69) is 34.7 Å². The van der Waals surface area contributed by atoms with Crippen LogP contribution in [0.4, 0.5) is 4.79 Å². The first-order valence-corrected chi connectivity index (χ1v) is 10.6. The first-order chi connectivity index (χ1) is 15.1. The summed E-state index contributed by atoms with van der Waals surface area (Å²) in [5.41, 5.74) is 5.21. The Hall–Kier alpha value is -3.16. The van der Waals surface area contributed by atoms with Crippen LogP contribution < -0.4 is 5.32 Å². The maximum absolute atomic E-state index is 12.2. The first-order valence-electron chi connectivity index (χ1n) is 10.6. The predicted octanol–water partition coefficient (Wildman–Crippen LogP) is 3.23. The fourth-order valence-corrected chi connectivity index (χ4v) is 4.06. The minimum absolute atomic E-state index is 0.000616. The Bertz CT molecular complexity index is 1000. The normalized spacial score (nSPS) is 14.5. The molecule has 7 heteroatoms. The molecule has 31 heavy (non-hydrogen) atoms. The number of aryl methyl sites for hydroxylation is 1. The molecule has 3 aromatic rings. The van der Waals surface area contributed by atoms with Crippen molar-refractivity contribution in [2.24, 2.45) is 0 Å². The molecule has 2 atom stereocenters. The van der Waals surface area contributed by atoms with Crippen molar-refractivity contribution < 1.29 is 19.7 Å². The number of nitrogens with one attached hydrogen (secondary N) is 1. The van der Waals surface area contributed by atoms with E-state index in [0.717, 1.165) is 11.1 Å². The number of alkyl carbamates (subject to hydrolysis) is 1. The fourth-order valence-electron chi connectivity index (χ4n) is 4.06. The SMILES string of the molecule is CCn1cc(C(O)C(O)CCNC(=O)OCC2c3ccccc3-c3ccccc32)cn1. The summed E-state index contributed by atoms with van der Waals surface area (Å²) in [5.74, 6) is 0.000616. The third kappa shape index (κ3) is 4.47. The van der Waals surface area contributed by atoms with Gasteiger partial charge in [0.25, 0.3) is 0 Å². The first kappa shape index (κ1) is 21.1. The molecule has 3 N–H and O–H groups in total. The van der Waals surface area contributed by atoms with E-state index >= 15 is 0 Å². The minimum Gasteiger partial charge on any atom is -0.449 e. The standard InChI is InChI=1S/C24H27N3O4/c1-2-27-14-16(13-26-27)23(29)22(28)11-12-25-24(30)31-15-21-19-9-5-3-7-17(19)18-8-4-6-10-20(18)21/h3-10,13-14,21-23,28-29H,2,11-12,15H2,1H3,(H,25,30). The number of nitrogens with zero attached hydrogens (tertiary/aromatic N) is 2. The topological polar surface area (TPSA) is 96.6 Å². The lowest BCUT2D eigenvalue weighted by molar-refractivity contribution is 0.0136. The van der Waals surface area contributed by atoms with Gasteiger partial charge in [0.15, 0.2) is 0 Å². The summed E-state index contributed by atoms with van der Waals surface area (Å²) < 4.78 is 7.16. The van der Waals surface area contributed by atoms with Crippen LogP contribution in [0.25, 0.3) is 11.1 Å². The Labute approximate surface area is 181 Å². The molecule has 0 aliphatic heterocycles. The molecule has 162 valence electrons. The molecule has 0 spiro atoms. The average Bonchev–Trinajstić information content (AvgIpc) is 3.40. The van der Waals surface area contributed by atoms with E-state index in [1.54, 1.807) is 10.9 Å². The molecule has 1 heterocycles. The number of fused-ring (bicyclic) bond motifs is 3. The van der Waals surface area contributed by atoms with Crippen LogP contribution in [0, 0.1) is 0 Å². The van der Waals surface area contributed by atoms with Crippen molar-refractivity contribution in [3.63, 3.8) is 0 Å². The van der Waals surface area contributed by atoms with Crippen LogP contribution in [0.5, 0.6) is 0 Å². The Balaban J connectivity index is 1.27. The van der Waals surface area contributed by atoms with Gasteiger partial charge in [0.2, 0.25) is 0 Å². The molecule has 2 unspecified atom stereocenters. The number of amides is 1. The lowest BCUT2D eigenvalue weighted by Crippen LogP contribution is -2.30. The van der Waals surface area contributed by atoms with Gasteiger partial charge >= 0.3 is 6.09 Å². The van der Waals surface area contributed by atoms with Crippen molar-refractivity contribution in [2.75, 3.05) is 13.2 Å². The molecule has 0 radical (unpaired) electrons. The van der Waals surface area contributed by atoms with Crippen LogP contribution in [0.2, 0.25) is 0 Å². The summed E-state index contributed by atoms with van der Waals surface area (Å²) in [6.45, 7) is 3.06. The van der Waals surface area contributed by atoms with Crippen LogP contribution in [-0.4, -0.2) is 45.3 Å². The summed E-state index contributed by atoms with van der Waals surface area (Å²) in [6.07, 6.45) is 0.835. The van der Waals surface area contributed by atoms with E-state index in [1.807, 2.05) is 31.2 Å². The third-order valence-corrected chi connectivity index (χ3v) is 5.74. The number of aromatic nitrogens is 2. The number of hydrogen-bond donors (Lipinski definition) is 3. The maximum Gasteiger partial charge on any atom is 0.407 e. The van der Waals surface area contributed by atoms with E-state index in [9.17, 15) is 15.0 Å². The van der Waals surface area contributed by atoms with E-state index in [1.165, 1.54) is 17.3 Å². The molecule has 0 saturated carbocycles. The third-order valence-electron chi connectivity index (χ3n) is 5.74. The van der Waals surface area contributed by atoms with E-state index in [4.69, 9.17) is 4.74 Å². The number of ether oxygens (including phenoxy) is 1. The van der Waals surface area contributed by atoms with Crippen molar-refractivity contribution >= 4 is 6.09 Å². The maximum atomic E-state index is 12.2. The largest absolute Gasteiger partial charge is 0.449 e. The van der Waals surface area contributed by atoms with Crippen LogP contribution in [-0.2, 0) is 11.3 Å². The number of benzene rings is 2. The zero-order valence-corrected chi connectivity index (χ0v) is 17.4. The Morgan fingerprint density at radius 1 is 1.13 bits per heavy atom. The van der Waals surface area contributed by atoms with Gasteiger partial charge in [-0.3, -0.25) is 4.68 Å². The Morgan fingerprint density at radius 3 is 2.39 bits per heavy atom. The lowest BCUT2D eigenvalue weighted by Gasteiger charge is -2.17. The molecule has 1 aliphatic rings. The highest BCUT2D eigenvalue weighted by molar-refractivity contribution is 5.79.